The van der Waals surface area contributed by atoms with Crippen LogP contribution in [0.15, 0.2) is 48.5 Å². The van der Waals surface area contributed by atoms with Gasteiger partial charge in [0.2, 0.25) is 0 Å². The number of carbonyl (C=O) groups is 2. The van der Waals surface area contributed by atoms with E-state index >= 15 is 0 Å². The lowest BCUT2D eigenvalue weighted by Gasteiger charge is -2.27. The van der Waals surface area contributed by atoms with Gasteiger partial charge in [0.05, 0.1) is 12.0 Å². The van der Waals surface area contributed by atoms with E-state index < -0.39 is 5.97 Å². The quantitative estimate of drug-likeness (QED) is 0.0963. The van der Waals surface area contributed by atoms with Crippen molar-refractivity contribution in [1.82, 2.24) is 0 Å². The van der Waals surface area contributed by atoms with Gasteiger partial charge in [-0.1, -0.05) is 51.2 Å². The van der Waals surface area contributed by atoms with Crippen molar-refractivity contribution in [3.05, 3.63) is 59.7 Å². The summed E-state index contributed by atoms with van der Waals surface area (Å²) >= 11 is 0. The zero-order valence-electron chi connectivity index (χ0n) is 22.5. The summed E-state index contributed by atoms with van der Waals surface area (Å²) in [5.41, 5.74) is 14.1. The molecule has 0 bridgehead atoms. The van der Waals surface area contributed by atoms with Crippen molar-refractivity contribution in [2.75, 3.05) is 18.1 Å². The fourth-order valence-electron chi connectivity index (χ4n) is 4.64. The minimum absolute atomic E-state index is 0.0838. The van der Waals surface area contributed by atoms with Gasteiger partial charge in [-0.15, -0.1) is 0 Å². The lowest BCUT2D eigenvalue weighted by atomic mass is 9.87. The molecule has 1 aliphatic carbocycles. The number of hydrogen-bond acceptors (Lipinski definition) is 7. The van der Waals surface area contributed by atoms with E-state index in [0.29, 0.717) is 17.1 Å². The Morgan fingerprint density at radius 3 is 2.24 bits per heavy atom. The maximum atomic E-state index is 12.6. The third-order valence-corrected chi connectivity index (χ3v) is 6.79. The number of ether oxygens (including phenoxy) is 3. The summed E-state index contributed by atoms with van der Waals surface area (Å²) in [7, 11) is 0. The fourth-order valence-corrected chi connectivity index (χ4v) is 4.64. The van der Waals surface area contributed by atoms with Gasteiger partial charge in [-0.2, -0.15) is 0 Å². The van der Waals surface area contributed by atoms with Gasteiger partial charge in [0.15, 0.2) is 0 Å². The molecular weight excluding hydrogens is 480 g/mol. The Hall–Kier alpha value is -3.32. The standard InChI is InChI=1S/C31H42N2O5/c1-2-3-4-5-6-7-18-36-28-15-11-25(12-16-28)31(35)38-29-13-8-23(9-14-29)10-17-30(34)37-22-24-19-26(32)21-27(33)20-24/h8-10,13-14,17,19-21,25,28H,2-7,11-12,15-16,18,22,32-33H2,1H3/b17-10+. The molecular formula is C31H42N2O5. The van der Waals surface area contributed by atoms with Crippen molar-refractivity contribution >= 4 is 29.4 Å². The second-order valence-electron chi connectivity index (χ2n) is 10.1. The first-order chi connectivity index (χ1) is 18.4. The van der Waals surface area contributed by atoms with Crippen LogP contribution in [0.1, 0.15) is 82.3 Å². The molecule has 1 fully saturated rings. The monoisotopic (exact) mass is 522 g/mol. The lowest BCUT2D eigenvalue weighted by molar-refractivity contribution is -0.141. The highest BCUT2D eigenvalue weighted by molar-refractivity contribution is 5.87. The first-order valence-electron chi connectivity index (χ1n) is 13.9. The summed E-state index contributed by atoms with van der Waals surface area (Å²) in [6, 6.07) is 12.1. The molecule has 1 aliphatic rings. The zero-order chi connectivity index (χ0) is 27.2. The molecule has 0 spiro atoms. The molecule has 0 amide bonds. The van der Waals surface area contributed by atoms with E-state index in [1.807, 2.05) is 0 Å². The van der Waals surface area contributed by atoms with Crippen molar-refractivity contribution < 1.29 is 23.8 Å². The number of rotatable bonds is 14. The molecule has 0 radical (unpaired) electrons. The molecule has 2 aromatic rings. The molecule has 0 heterocycles. The van der Waals surface area contributed by atoms with Crippen molar-refractivity contribution in [3.8, 4) is 5.75 Å². The Bertz CT molecular complexity index is 1020. The molecule has 0 aromatic heterocycles. The summed E-state index contributed by atoms with van der Waals surface area (Å²) < 4.78 is 16.9. The number of anilines is 2. The fraction of sp³-hybridized carbons (Fsp3) is 0.484. The molecule has 0 atom stereocenters. The van der Waals surface area contributed by atoms with E-state index in [2.05, 4.69) is 6.92 Å². The molecule has 0 saturated heterocycles. The molecule has 4 N–H and O–H groups in total. The highest BCUT2D eigenvalue weighted by Gasteiger charge is 2.28. The molecule has 3 rings (SSSR count). The van der Waals surface area contributed by atoms with Crippen LogP contribution in [0.2, 0.25) is 0 Å². The zero-order valence-corrected chi connectivity index (χ0v) is 22.5. The summed E-state index contributed by atoms with van der Waals surface area (Å²) in [6.45, 7) is 3.14. The molecule has 206 valence electrons. The van der Waals surface area contributed by atoms with E-state index in [0.717, 1.165) is 49.8 Å². The average molecular weight is 523 g/mol. The Morgan fingerprint density at radius 1 is 0.895 bits per heavy atom. The molecule has 0 aliphatic heterocycles. The number of hydrogen-bond donors (Lipinski definition) is 2. The minimum atomic E-state index is -0.479. The van der Waals surface area contributed by atoms with E-state index in [1.54, 1.807) is 48.5 Å². The summed E-state index contributed by atoms with van der Waals surface area (Å²) in [5.74, 6) is -0.259. The van der Waals surface area contributed by atoms with Gasteiger partial charge < -0.3 is 25.7 Å². The average Bonchev–Trinajstić information content (AvgIpc) is 2.91. The normalized spacial score (nSPS) is 17.4. The topological polar surface area (TPSA) is 114 Å². The van der Waals surface area contributed by atoms with Gasteiger partial charge in [-0.25, -0.2) is 4.79 Å². The smallest absolute Gasteiger partial charge is 0.331 e. The van der Waals surface area contributed by atoms with Crippen LogP contribution in [-0.4, -0.2) is 24.6 Å². The molecule has 7 nitrogen and oxygen atoms in total. The van der Waals surface area contributed by atoms with Crippen LogP contribution in [0.4, 0.5) is 11.4 Å². The first-order valence-corrected chi connectivity index (χ1v) is 13.9. The third kappa shape index (κ3) is 10.6. The van der Waals surface area contributed by atoms with Crippen molar-refractivity contribution in [1.29, 1.82) is 0 Å². The van der Waals surface area contributed by atoms with Crippen LogP contribution in [-0.2, 0) is 25.7 Å². The Kier molecular flexibility index (Phi) is 12.2. The SMILES string of the molecule is CCCCCCCCOC1CCC(C(=O)Oc2ccc(/C=C/C(=O)OCc3cc(N)cc(N)c3)cc2)CC1. The van der Waals surface area contributed by atoms with Crippen LogP contribution in [0.25, 0.3) is 6.08 Å². The Labute approximate surface area is 226 Å². The summed E-state index contributed by atoms with van der Waals surface area (Å²) in [5, 5.41) is 0. The van der Waals surface area contributed by atoms with Crippen molar-refractivity contribution in [3.63, 3.8) is 0 Å². The summed E-state index contributed by atoms with van der Waals surface area (Å²) in [6.07, 6.45) is 14.2. The maximum Gasteiger partial charge on any atom is 0.331 e. The van der Waals surface area contributed by atoms with Gasteiger partial charge in [-0.05, 0) is 79.6 Å². The van der Waals surface area contributed by atoms with Crippen LogP contribution in [0, 0.1) is 5.92 Å². The van der Waals surface area contributed by atoms with E-state index in [-0.39, 0.29) is 24.6 Å². The molecule has 0 unspecified atom stereocenters. The minimum Gasteiger partial charge on any atom is -0.458 e. The van der Waals surface area contributed by atoms with Crippen molar-refractivity contribution in [2.24, 2.45) is 5.92 Å². The third-order valence-electron chi connectivity index (χ3n) is 6.79. The van der Waals surface area contributed by atoms with Crippen LogP contribution >= 0.6 is 0 Å². The van der Waals surface area contributed by atoms with Gasteiger partial charge in [-0.3, -0.25) is 4.79 Å². The predicted molar refractivity (Wildman–Crippen MR) is 151 cm³/mol. The number of nitrogen functional groups attached to an aromatic ring is 2. The Balaban J connectivity index is 1.33. The van der Waals surface area contributed by atoms with Gasteiger partial charge in [0.1, 0.15) is 12.4 Å². The summed E-state index contributed by atoms with van der Waals surface area (Å²) in [4.78, 5) is 24.7. The second-order valence-corrected chi connectivity index (χ2v) is 10.1. The van der Waals surface area contributed by atoms with E-state index in [4.69, 9.17) is 25.7 Å². The Morgan fingerprint density at radius 2 is 1.55 bits per heavy atom. The first kappa shape index (κ1) is 29.2. The number of benzene rings is 2. The highest BCUT2D eigenvalue weighted by atomic mass is 16.5. The molecule has 2 aromatic carbocycles. The van der Waals surface area contributed by atoms with Crippen LogP contribution in [0.5, 0.6) is 5.75 Å². The second kappa shape index (κ2) is 15.8. The van der Waals surface area contributed by atoms with E-state index in [9.17, 15) is 9.59 Å². The number of nitrogens with two attached hydrogens (primary N) is 2. The molecule has 1 saturated carbocycles. The maximum absolute atomic E-state index is 12.6. The predicted octanol–water partition coefficient (Wildman–Crippen LogP) is 6.45. The van der Waals surface area contributed by atoms with Crippen molar-refractivity contribution in [2.45, 2.75) is 83.8 Å². The lowest BCUT2D eigenvalue weighted by Crippen LogP contribution is -2.29. The van der Waals surface area contributed by atoms with E-state index in [1.165, 1.54) is 38.2 Å². The van der Waals surface area contributed by atoms with Gasteiger partial charge >= 0.3 is 11.9 Å². The highest BCUT2D eigenvalue weighted by Crippen LogP contribution is 2.28. The number of carbonyl (C=O) groups excluding carboxylic acids is 2. The van der Waals surface area contributed by atoms with Gasteiger partial charge in [0, 0.05) is 24.1 Å². The largest absolute Gasteiger partial charge is 0.458 e. The van der Waals surface area contributed by atoms with Crippen LogP contribution in [0.3, 0.4) is 0 Å². The molecule has 7 heteroatoms. The van der Waals surface area contributed by atoms with Gasteiger partial charge in [0.25, 0.3) is 0 Å². The number of esters is 2. The number of unbranched alkanes of at least 4 members (excludes halogenated alkanes) is 5. The molecule has 38 heavy (non-hydrogen) atoms. The van der Waals surface area contributed by atoms with Crippen LogP contribution < -0.4 is 16.2 Å².